The highest BCUT2D eigenvalue weighted by molar-refractivity contribution is 6.08. The molecule has 0 amide bonds. The van der Waals surface area contributed by atoms with Gasteiger partial charge in [-0.2, -0.15) is 0 Å². The lowest BCUT2D eigenvalue weighted by Crippen LogP contribution is -2.42. The Hall–Kier alpha value is -1.61. The molecule has 20 heavy (non-hydrogen) atoms. The fraction of sp³-hybridized carbons (Fsp3) is 0.471. The van der Waals surface area contributed by atoms with Crippen LogP contribution >= 0.6 is 0 Å². The van der Waals surface area contributed by atoms with E-state index in [0.29, 0.717) is 12.6 Å². The minimum atomic E-state index is 0.239. The summed E-state index contributed by atoms with van der Waals surface area (Å²) in [5.74, 6) is 0.239. The first-order valence-electron chi connectivity index (χ1n) is 7.63. The van der Waals surface area contributed by atoms with Crippen LogP contribution in [0.1, 0.15) is 43.0 Å². The van der Waals surface area contributed by atoms with Gasteiger partial charge in [-0.25, -0.2) is 0 Å². The maximum absolute atomic E-state index is 12.6. The molecule has 1 N–H and O–H groups in total. The number of carbonyl (C=O) groups is 1. The number of H-pyrrole nitrogens is 1. The van der Waals surface area contributed by atoms with E-state index in [1.807, 2.05) is 30.5 Å². The number of hydrogen-bond donors (Lipinski definition) is 1. The minimum Gasteiger partial charge on any atom is -0.360 e. The van der Waals surface area contributed by atoms with Crippen molar-refractivity contribution < 1.29 is 4.79 Å². The van der Waals surface area contributed by atoms with Gasteiger partial charge in [0.05, 0.1) is 6.54 Å². The monoisotopic (exact) mass is 270 g/mol. The predicted octanol–water partition coefficient (Wildman–Crippen LogP) is 3.62. The fourth-order valence-corrected chi connectivity index (χ4v) is 3.30. The second-order valence-corrected chi connectivity index (χ2v) is 5.70. The summed E-state index contributed by atoms with van der Waals surface area (Å²) in [6, 6.07) is 8.60. The molecular weight excluding hydrogens is 248 g/mol. The molecule has 0 aliphatic carbocycles. The first kappa shape index (κ1) is 13.4. The lowest BCUT2D eigenvalue weighted by atomic mass is 9.99. The van der Waals surface area contributed by atoms with E-state index in [9.17, 15) is 4.79 Å². The van der Waals surface area contributed by atoms with Gasteiger partial charge in [0.25, 0.3) is 0 Å². The number of Topliss-reactive ketones (excluding diaryl/α,β-unsaturated/α-hetero) is 1. The highest BCUT2D eigenvalue weighted by Gasteiger charge is 2.24. The topological polar surface area (TPSA) is 36.1 Å². The van der Waals surface area contributed by atoms with Crippen molar-refractivity contribution in [3.63, 3.8) is 0 Å². The number of likely N-dealkylation sites (tertiary alicyclic amines) is 1. The summed E-state index contributed by atoms with van der Waals surface area (Å²) >= 11 is 0. The lowest BCUT2D eigenvalue weighted by molar-refractivity contribution is 0.0840. The predicted molar refractivity (Wildman–Crippen MR) is 82.1 cm³/mol. The van der Waals surface area contributed by atoms with Gasteiger partial charge >= 0.3 is 0 Å². The van der Waals surface area contributed by atoms with Crippen molar-refractivity contribution in [3.05, 3.63) is 36.0 Å². The van der Waals surface area contributed by atoms with Crippen LogP contribution in [0.3, 0.4) is 0 Å². The number of nitrogens with zero attached hydrogens (tertiary/aromatic N) is 1. The van der Waals surface area contributed by atoms with Gasteiger partial charge in [0.1, 0.15) is 0 Å². The second kappa shape index (κ2) is 5.80. The normalized spacial score (nSPS) is 20.4. The molecule has 1 saturated heterocycles. The van der Waals surface area contributed by atoms with Crippen LogP contribution in [0.4, 0.5) is 0 Å². The number of aromatic nitrogens is 1. The molecule has 0 spiro atoms. The highest BCUT2D eigenvalue weighted by atomic mass is 16.1. The molecule has 2 heterocycles. The van der Waals surface area contributed by atoms with Crippen LogP contribution in [0.2, 0.25) is 0 Å². The summed E-state index contributed by atoms with van der Waals surface area (Å²) in [6.45, 7) is 3.84. The summed E-state index contributed by atoms with van der Waals surface area (Å²) in [6.07, 6.45) is 6.75. The lowest BCUT2D eigenvalue weighted by Gasteiger charge is -2.34. The van der Waals surface area contributed by atoms with Crippen molar-refractivity contribution in [2.75, 3.05) is 13.1 Å². The number of aromatic amines is 1. The quantitative estimate of drug-likeness (QED) is 0.861. The third-order valence-electron chi connectivity index (χ3n) is 4.46. The van der Waals surface area contributed by atoms with Crippen LogP contribution in [0, 0.1) is 0 Å². The van der Waals surface area contributed by atoms with E-state index < -0.39 is 0 Å². The Morgan fingerprint density at radius 2 is 2.20 bits per heavy atom. The molecule has 0 saturated carbocycles. The van der Waals surface area contributed by atoms with E-state index in [2.05, 4.69) is 16.8 Å². The van der Waals surface area contributed by atoms with E-state index in [1.54, 1.807) is 0 Å². The third-order valence-corrected chi connectivity index (χ3v) is 4.46. The number of para-hydroxylation sites is 1. The van der Waals surface area contributed by atoms with Gasteiger partial charge in [-0.05, 0) is 31.9 Å². The number of rotatable bonds is 4. The van der Waals surface area contributed by atoms with Gasteiger partial charge in [0, 0.05) is 28.7 Å². The zero-order valence-corrected chi connectivity index (χ0v) is 12.1. The van der Waals surface area contributed by atoms with Crippen molar-refractivity contribution >= 4 is 16.7 Å². The van der Waals surface area contributed by atoms with E-state index in [-0.39, 0.29) is 5.78 Å². The average molecular weight is 270 g/mol. The minimum absolute atomic E-state index is 0.239. The third kappa shape index (κ3) is 2.50. The van der Waals surface area contributed by atoms with Crippen molar-refractivity contribution in [2.24, 2.45) is 0 Å². The van der Waals surface area contributed by atoms with Gasteiger partial charge in [-0.1, -0.05) is 31.5 Å². The van der Waals surface area contributed by atoms with E-state index in [4.69, 9.17) is 0 Å². The van der Waals surface area contributed by atoms with Crippen molar-refractivity contribution in [1.29, 1.82) is 0 Å². The Balaban J connectivity index is 1.78. The molecule has 3 heteroatoms. The zero-order chi connectivity index (χ0) is 13.9. The number of piperidine rings is 1. The molecule has 1 aromatic heterocycles. The Labute approximate surface area is 120 Å². The number of ketones is 1. The Kier molecular flexibility index (Phi) is 3.88. The van der Waals surface area contributed by atoms with Gasteiger partial charge in [-0.15, -0.1) is 0 Å². The van der Waals surface area contributed by atoms with Gasteiger partial charge in [0.15, 0.2) is 5.78 Å². The Morgan fingerprint density at radius 1 is 1.35 bits per heavy atom. The van der Waals surface area contributed by atoms with Crippen molar-refractivity contribution in [3.8, 4) is 0 Å². The molecule has 1 unspecified atom stereocenters. The van der Waals surface area contributed by atoms with Crippen LogP contribution in [0.5, 0.6) is 0 Å². The standard InChI is InChI=1S/C17H22N2O/c1-2-13-7-5-6-10-19(13)12-17(20)15-11-18-16-9-4-3-8-14(15)16/h3-4,8-9,11,13,18H,2,5-7,10,12H2,1H3. The summed E-state index contributed by atoms with van der Waals surface area (Å²) < 4.78 is 0. The van der Waals surface area contributed by atoms with Crippen LogP contribution in [-0.2, 0) is 0 Å². The van der Waals surface area contributed by atoms with Gasteiger partial charge < -0.3 is 4.98 Å². The second-order valence-electron chi connectivity index (χ2n) is 5.70. The molecule has 1 aromatic carbocycles. The van der Waals surface area contributed by atoms with E-state index >= 15 is 0 Å². The molecule has 3 rings (SSSR count). The van der Waals surface area contributed by atoms with Gasteiger partial charge in [0.2, 0.25) is 0 Å². The summed E-state index contributed by atoms with van der Waals surface area (Å²) in [5, 5.41) is 1.04. The van der Waals surface area contributed by atoms with Crippen molar-refractivity contribution in [2.45, 2.75) is 38.6 Å². The number of hydrogen-bond acceptors (Lipinski definition) is 2. The first-order chi connectivity index (χ1) is 9.79. The number of nitrogens with one attached hydrogen (secondary N) is 1. The number of fused-ring (bicyclic) bond motifs is 1. The molecule has 1 aliphatic rings. The SMILES string of the molecule is CCC1CCCCN1CC(=O)c1c[nH]c2ccccc12. The maximum Gasteiger partial charge on any atom is 0.178 e. The van der Waals surface area contributed by atoms with Crippen molar-refractivity contribution in [1.82, 2.24) is 9.88 Å². The zero-order valence-electron chi connectivity index (χ0n) is 12.1. The van der Waals surface area contributed by atoms with E-state index in [0.717, 1.165) is 29.4 Å². The molecule has 106 valence electrons. The molecule has 1 atom stereocenters. The largest absolute Gasteiger partial charge is 0.360 e. The van der Waals surface area contributed by atoms with Crippen LogP contribution in [0.15, 0.2) is 30.5 Å². The average Bonchev–Trinajstić information content (AvgIpc) is 2.92. The molecule has 0 radical (unpaired) electrons. The fourth-order valence-electron chi connectivity index (χ4n) is 3.30. The summed E-state index contributed by atoms with van der Waals surface area (Å²) in [7, 11) is 0. The van der Waals surface area contributed by atoms with E-state index in [1.165, 1.54) is 19.3 Å². The maximum atomic E-state index is 12.6. The molecule has 0 bridgehead atoms. The van der Waals surface area contributed by atoms with Crippen LogP contribution in [0.25, 0.3) is 10.9 Å². The Morgan fingerprint density at radius 3 is 3.05 bits per heavy atom. The van der Waals surface area contributed by atoms with Crippen LogP contribution in [-0.4, -0.2) is 34.8 Å². The number of benzene rings is 1. The molecule has 1 aliphatic heterocycles. The molecular formula is C17H22N2O. The smallest absolute Gasteiger partial charge is 0.178 e. The molecule has 2 aromatic rings. The molecule has 1 fully saturated rings. The summed E-state index contributed by atoms with van der Waals surface area (Å²) in [5.41, 5.74) is 1.88. The number of carbonyl (C=O) groups excluding carboxylic acids is 1. The Bertz CT molecular complexity index is 602. The van der Waals surface area contributed by atoms with Gasteiger partial charge in [-0.3, -0.25) is 9.69 Å². The highest BCUT2D eigenvalue weighted by Crippen LogP contribution is 2.22. The first-order valence-corrected chi connectivity index (χ1v) is 7.63. The molecule has 3 nitrogen and oxygen atoms in total. The van der Waals surface area contributed by atoms with Crippen LogP contribution < -0.4 is 0 Å². The summed E-state index contributed by atoms with van der Waals surface area (Å²) in [4.78, 5) is 18.1.